The lowest BCUT2D eigenvalue weighted by Crippen LogP contribution is -2.43. The van der Waals surface area contributed by atoms with Crippen molar-refractivity contribution in [1.29, 1.82) is 0 Å². The highest BCUT2D eigenvalue weighted by Crippen LogP contribution is 2.33. The van der Waals surface area contributed by atoms with E-state index in [-0.39, 0.29) is 17.3 Å². The van der Waals surface area contributed by atoms with Crippen LogP contribution in [-0.4, -0.2) is 50.4 Å². The van der Waals surface area contributed by atoms with Gasteiger partial charge < -0.3 is 14.8 Å². The number of nitrogens with zero attached hydrogens (tertiary/aromatic N) is 2. The van der Waals surface area contributed by atoms with Crippen molar-refractivity contribution in [1.82, 2.24) is 9.29 Å². The van der Waals surface area contributed by atoms with Crippen LogP contribution in [0.2, 0.25) is 0 Å². The van der Waals surface area contributed by atoms with Crippen molar-refractivity contribution in [3.05, 3.63) is 54.7 Å². The van der Waals surface area contributed by atoms with E-state index in [1.54, 1.807) is 18.3 Å². The number of rotatable bonds is 6. The number of fused-ring (bicyclic) bond motifs is 1. The van der Waals surface area contributed by atoms with Crippen LogP contribution in [0.15, 0.2) is 59.6 Å². The number of ether oxygens (including phenoxy) is 2. The SMILES string of the molecule is COc1ccc(S(=O)(=O)N2CCCC2C(=O)Nc2cccc3cccnc23)cc1OC. The number of anilines is 1. The van der Waals surface area contributed by atoms with Gasteiger partial charge in [0.25, 0.3) is 0 Å². The van der Waals surface area contributed by atoms with E-state index < -0.39 is 16.1 Å². The van der Waals surface area contributed by atoms with E-state index in [2.05, 4.69) is 10.3 Å². The Bertz CT molecular complexity index is 1220. The molecule has 1 aliphatic heterocycles. The van der Waals surface area contributed by atoms with Crippen molar-refractivity contribution >= 4 is 32.5 Å². The van der Waals surface area contributed by atoms with Crippen molar-refractivity contribution in [2.75, 3.05) is 26.1 Å². The summed E-state index contributed by atoms with van der Waals surface area (Å²) in [4.78, 5) is 17.5. The molecule has 1 unspecified atom stereocenters. The van der Waals surface area contributed by atoms with Crippen molar-refractivity contribution < 1.29 is 22.7 Å². The number of hydrogen-bond acceptors (Lipinski definition) is 6. The summed E-state index contributed by atoms with van der Waals surface area (Å²) in [6, 6.07) is 12.8. The maximum atomic E-state index is 13.3. The molecule has 3 aromatic rings. The summed E-state index contributed by atoms with van der Waals surface area (Å²) in [5.74, 6) is 0.367. The second-order valence-corrected chi connectivity index (χ2v) is 9.05. The molecular formula is C22H23N3O5S. The third-order valence-electron chi connectivity index (χ3n) is 5.36. The highest BCUT2D eigenvalue weighted by atomic mass is 32.2. The third-order valence-corrected chi connectivity index (χ3v) is 7.26. The fourth-order valence-electron chi connectivity index (χ4n) is 3.82. The Morgan fingerprint density at radius 1 is 1.10 bits per heavy atom. The third kappa shape index (κ3) is 3.94. The van der Waals surface area contributed by atoms with Crippen molar-refractivity contribution in [3.8, 4) is 11.5 Å². The Morgan fingerprint density at radius 3 is 2.65 bits per heavy atom. The molecule has 1 saturated heterocycles. The minimum absolute atomic E-state index is 0.0525. The molecule has 9 heteroatoms. The molecule has 1 aromatic heterocycles. The zero-order valence-corrected chi connectivity index (χ0v) is 18.1. The zero-order chi connectivity index (χ0) is 22.0. The van der Waals surface area contributed by atoms with E-state index in [0.29, 0.717) is 35.5 Å². The Labute approximate surface area is 180 Å². The van der Waals surface area contributed by atoms with Crippen LogP contribution in [0.25, 0.3) is 10.9 Å². The summed E-state index contributed by atoms with van der Waals surface area (Å²) >= 11 is 0. The number of nitrogens with one attached hydrogen (secondary N) is 1. The van der Waals surface area contributed by atoms with Crippen molar-refractivity contribution in [2.24, 2.45) is 0 Å². The fraction of sp³-hybridized carbons (Fsp3) is 0.273. The number of amides is 1. The van der Waals surface area contributed by atoms with Gasteiger partial charge in [0.15, 0.2) is 11.5 Å². The van der Waals surface area contributed by atoms with Crippen LogP contribution >= 0.6 is 0 Å². The van der Waals surface area contributed by atoms with E-state index in [0.717, 1.165) is 5.39 Å². The Morgan fingerprint density at radius 2 is 1.87 bits per heavy atom. The summed E-state index contributed by atoms with van der Waals surface area (Å²) in [6.45, 7) is 0.266. The molecule has 1 atom stereocenters. The number of carbonyl (C=O) groups excluding carboxylic acids is 1. The Balaban J connectivity index is 1.62. The maximum Gasteiger partial charge on any atom is 0.243 e. The zero-order valence-electron chi connectivity index (χ0n) is 17.2. The minimum atomic E-state index is -3.90. The highest BCUT2D eigenvalue weighted by molar-refractivity contribution is 7.89. The van der Waals surface area contributed by atoms with Gasteiger partial charge in [0.05, 0.1) is 30.3 Å². The molecule has 162 valence electrons. The van der Waals surface area contributed by atoms with Crippen molar-refractivity contribution in [2.45, 2.75) is 23.8 Å². The summed E-state index contributed by atoms with van der Waals surface area (Å²) in [5.41, 5.74) is 1.21. The average Bonchev–Trinajstić information content (AvgIpc) is 3.30. The van der Waals surface area contributed by atoms with Gasteiger partial charge >= 0.3 is 0 Å². The number of pyridine rings is 1. The first-order valence-corrected chi connectivity index (χ1v) is 11.3. The lowest BCUT2D eigenvalue weighted by Gasteiger charge is -2.24. The first kappa shape index (κ1) is 21.1. The van der Waals surface area contributed by atoms with Crippen LogP contribution in [0.1, 0.15) is 12.8 Å². The van der Waals surface area contributed by atoms with Gasteiger partial charge in [0.2, 0.25) is 15.9 Å². The number of hydrogen-bond donors (Lipinski definition) is 1. The van der Waals surface area contributed by atoms with Gasteiger partial charge in [-0.25, -0.2) is 8.42 Å². The van der Waals surface area contributed by atoms with Crippen LogP contribution in [0.3, 0.4) is 0 Å². The predicted molar refractivity (Wildman–Crippen MR) is 117 cm³/mol. The Hall–Kier alpha value is -3.17. The van der Waals surface area contributed by atoms with Gasteiger partial charge in [0.1, 0.15) is 6.04 Å². The molecule has 1 fully saturated rings. The highest BCUT2D eigenvalue weighted by Gasteiger charge is 2.40. The van der Waals surface area contributed by atoms with E-state index in [1.807, 2.05) is 24.3 Å². The maximum absolute atomic E-state index is 13.3. The monoisotopic (exact) mass is 441 g/mol. The first-order valence-electron chi connectivity index (χ1n) is 9.84. The van der Waals surface area contributed by atoms with Crippen LogP contribution in [0.4, 0.5) is 5.69 Å². The van der Waals surface area contributed by atoms with Crippen LogP contribution in [0.5, 0.6) is 11.5 Å². The molecule has 0 saturated carbocycles. The minimum Gasteiger partial charge on any atom is -0.493 e. The van der Waals surface area contributed by atoms with E-state index in [1.165, 1.54) is 30.7 Å². The summed E-state index contributed by atoms with van der Waals surface area (Å²) in [7, 11) is -0.980. The Kier molecular flexibility index (Phi) is 5.79. The number of benzene rings is 2. The predicted octanol–water partition coefficient (Wildman–Crippen LogP) is 3.04. The van der Waals surface area contributed by atoms with Gasteiger partial charge in [-0.2, -0.15) is 4.31 Å². The number of sulfonamides is 1. The molecule has 8 nitrogen and oxygen atoms in total. The molecular weight excluding hydrogens is 418 g/mol. The molecule has 4 rings (SSSR count). The first-order chi connectivity index (χ1) is 15.0. The second kappa shape index (κ2) is 8.52. The summed E-state index contributed by atoms with van der Waals surface area (Å²) in [6.07, 6.45) is 2.69. The normalized spacial score (nSPS) is 16.9. The van der Waals surface area contributed by atoms with Gasteiger partial charge in [-0.1, -0.05) is 18.2 Å². The van der Waals surface area contributed by atoms with Gasteiger partial charge in [-0.15, -0.1) is 0 Å². The van der Waals surface area contributed by atoms with Gasteiger partial charge in [0, 0.05) is 24.2 Å². The van der Waals surface area contributed by atoms with E-state index >= 15 is 0 Å². The molecule has 1 N–H and O–H groups in total. The molecule has 0 aliphatic carbocycles. The van der Waals surface area contributed by atoms with E-state index in [4.69, 9.17) is 9.47 Å². The quantitative estimate of drug-likeness (QED) is 0.631. The smallest absolute Gasteiger partial charge is 0.243 e. The molecule has 2 aromatic carbocycles. The number of aromatic nitrogens is 1. The van der Waals surface area contributed by atoms with Crippen LogP contribution in [-0.2, 0) is 14.8 Å². The number of methoxy groups -OCH3 is 2. The van der Waals surface area contributed by atoms with Gasteiger partial charge in [-0.3, -0.25) is 9.78 Å². The summed E-state index contributed by atoms with van der Waals surface area (Å²) in [5, 5.41) is 3.76. The summed E-state index contributed by atoms with van der Waals surface area (Å²) < 4.78 is 38.3. The lowest BCUT2D eigenvalue weighted by atomic mass is 10.1. The molecule has 0 radical (unpaired) electrons. The number of carbonyl (C=O) groups is 1. The average molecular weight is 442 g/mol. The van der Waals surface area contributed by atoms with Crippen LogP contribution < -0.4 is 14.8 Å². The topological polar surface area (TPSA) is 97.8 Å². The lowest BCUT2D eigenvalue weighted by molar-refractivity contribution is -0.119. The van der Waals surface area contributed by atoms with Crippen molar-refractivity contribution in [3.63, 3.8) is 0 Å². The fourth-order valence-corrected chi connectivity index (χ4v) is 5.50. The van der Waals surface area contributed by atoms with E-state index in [9.17, 15) is 13.2 Å². The molecule has 0 bridgehead atoms. The largest absolute Gasteiger partial charge is 0.493 e. The molecule has 2 heterocycles. The molecule has 1 aliphatic rings. The van der Waals surface area contributed by atoms with Crippen LogP contribution in [0, 0.1) is 0 Å². The second-order valence-electron chi connectivity index (χ2n) is 7.16. The molecule has 0 spiro atoms. The number of para-hydroxylation sites is 1. The standard InChI is InChI=1S/C22H23N3O5S/c1-29-19-11-10-16(14-20(19)30-2)31(27,28)25-13-5-9-18(25)22(26)24-17-8-3-6-15-7-4-12-23-21(15)17/h3-4,6-8,10-12,14,18H,5,9,13H2,1-2H3,(H,24,26). The molecule has 31 heavy (non-hydrogen) atoms. The molecule has 1 amide bonds. The van der Waals surface area contributed by atoms with Gasteiger partial charge in [-0.05, 0) is 37.1 Å².